The van der Waals surface area contributed by atoms with Gasteiger partial charge in [0.05, 0.1) is 10.2 Å². The highest BCUT2D eigenvalue weighted by atomic mass is 35.5. The van der Waals surface area contributed by atoms with Gasteiger partial charge in [0.2, 0.25) is 0 Å². The van der Waals surface area contributed by atoms with E-state index in [1.807, 2.05) is 37.3 Å². The van der Waals surface area contributed by atoms with Gasteiger partial charge >= 0.3 is 0 Å². The van der Waals surface area contributed by atoms with Gasteiger partial charge in [0.25, 0.3) is 0 Å². The minimum Gasteiger partial charge on any atom is -0.398 e. The molecule has 0 aliphatic heterocycles. The first-order valence-electron chi connectivity index (χ1n) is 5.56. The number of fused-ring (bicyclic) bond motifs is 1. The topological polar surface area (TPSA) is 38.9 Å². The van der Waals surface area contributed by atoms with Crippen molar-refractivity contribution in [2.24, 2.45) is 0 Å². The zero-order chi connectivity index (χ0) is 12.7. The van der Waals surface area contributed by atoms with Crippen molar-refractivity contribution in [1.82, 2.24) is 4.98 Å². The third-order valence-corrected chi connectivity index (χ3v) is 4.09. The van der Waals surface area contributed by atoms with E-state index in [-0.39, 0.29) is 0 Å². The van der Waals surface area contributed by atoms with E-state index in [0.29, 0.717) is 5.02 Å². The summed E-state index contributed by atoms with van der Waals surface area (Å²) < 4.78 is 1.12. The molecule has 2 aromatic carbocycles. The molecule has 0 spiro atoms. The van der Waals surface area contributed by atoms with Crippen LogP contribution in [0.25, 0.3) is 20.8 Å². The van der Waals surface area contributed by atoms with E-state index in [0.717, 1.165) is 26.5 Å². The van der Waals surface area contributed by atoms with Crippen LogP contribution in [0.1, 0.15) is 5.56 Å². The summed E-state index contributed by atoms with van der Waals surface area (Å²) in [5, 5.41) is 1.64. The number of nitrogens with zero attached hydrogens (tertiary/aromatic N) is 1. The molecule has 0 bridgehead atoms. The molecule has 4 heteroatoms. The molecule has 0 amide bonds. The summed E-state index contributed by atoms with van der Waals surface area (Å²) in [6.07, 6.45) is 0. The second-order valence-corrected chi connectivity index (χ2v) is 5.69. The number of aromatic nitrogens is 1. The number of hydrogen-bond donors (Lipinski definition) is 1. The summed E-state index contributed by atoms with van der Waals surface area (Å²) in [6, 6.07) is 11.7. The van der Waals surface area contributed by atoms with Crippen molar-refractivity contribution in [3.05, 3.63) is 47.0 Å². The van der Waals surface area contributed by atoms with Crippen molar-refractivity contribution in [2.75, 3.05) is 5.73 Å². The molecule has 18 heavy (non-hydrogen) atoms. The van der Waals surface area contributed by atoms with Gasteiger partial charge in [0.15, 0.2) is 0 Å². The van der Waals surface area contributed by atoms with E-state index in [2.05, 4.69) is 11.1 Å². The Morgan fingerprint density at radius 3 is 2.83 bits per heavy atom. The van der Waals surface area contributed by atoms with E-state index >= 15 is 0 Å². The maximum atomic E-state index is 6.01. The number of hydrogen-bond acceptors (Lipinski definition) is 3. The zero-order valence-electron chi connectivity index (χ0n) is 9.77. The first-order valence-corrected chi connectivity index (χ1v) is 6.75. The van der Waals surface area contributed by atoms with E-state index < -0.39 is 0 Å². The number of rotatable bonds is 1. The normalized spacial score (nSPS) is 11.0. The lowest BCUT2D eigenvalue weighted by Crippen LogP contribution is -1.89. The predicted molar refractivity (Wildman–Crippen MR) is 79.2 cm³/mol. The lowest BCUT2D eigenvalue weighted by molar-refractivity contribution is 1.43. The summed E-state index contributed by atoms with van der Waals surface area (Å²) in [4.78, 5) is 4.60. The van der Waals surface area contributed by atoms with Crippen molar-refractivity contribution < 1.29 is 0 Å². The Hall–Kier alpha value is -1.58. The lowest BCUT2D eigenvalue weighted by atomic mass is 10.1. The van der Waals surface area contributed by atoms with Crippen molar-refractivity contribution in [3.63, 3.8) is 0 Å². The zero-order valence-corrected chi connectivity index (χ0v) is 11.3. The van der Waals surface area contributed by atoms with E-state index in [4.69, 9.17) is 17.3 Å². The average Bonchev–Trinajstić information content (AvgIpc) is 2.74. The second kappa shape index (κ2) is 4.26. The van der Waals surface area contributed by atoms with Gasteiger partial charge in [0, 0.05) is 16.3 Å². The summed E-state index contributed by atoms with van der Waals surface area (Å²) in [5.41, 5.74) is 9.86. The molecule has 0 saturated heterocycles. The number of thiazole rings is 1. The molecule has 0 saturated carbocycles. The van der Waals surface area contributed by atoms with Gasteiger partial charge in [-0.1, -0.05) is 23.2 Å². The molecule has 2 N–H and O–H groups in total. The number of nitrogen functional groups attached to an aromatic ring is 1. The SMILES string of the molecule is Cc1ccc(N)c(-c2nc3cc(Cl)ccc3s2)c1. The molecule has 90 valence electrons. The minimum absolute atomic E-state index is 0.705. The lowest BCUT2D eigenvalue weighted by Gasteiger charge is -2.02. The number of aryl methyl sites for hydroxylation is 1. The number of benzene rings is 2. The summed E-state index contributed by atoms with van der Waals surface area (Å²) >= 11 is 7.60. The number of anilines is 1. The van der Waals surface area contributed by atoms with Gasteiger partial charge in [-0.15, -0.1) is 11.3 Å². The van der Waals surface area contributed by atoms with Crippen LogP contribution < -0.4 is 5.73 Å². The average molecular weight is 275 g/mol. The van der Waals surface area contributed by atoms with Crippen LogP contribution in [-0.4, -0.2) is 4.98 Å². The van der Waals surface area contributed by atoms with Crippen LogP contribution in [0.3, 0.4) is 0 Å². The Kier molecular flexibility index (Phi) is 2.73. The minimum atomic E-state index is 0.705. The Labute approximate surface area is 114 Å². The van der Waals surface area contributed by atoms with Crippen LogP contribution in [0.5, 0.6) is 0 Å². The maximum absolute atomic E-state index is 6.01. The second-order valence-electron chi connectivity index (χ2n) is 4.22. The summed E-state index contributed by atoms with van der Waals surface area (Å²) in [6.45, 7) is 2.05. The molecule has 0 unspecified atom stereocenters. The molecule has 0 aliphatic rings. The van der Waals surface area contributed by atoms with E-state index in [1.54, 1.807) is 11.3 Å². The molecule has 0 radical (unpaired) electrons. The number of halogens is 1. The fraction of sp³-hybridized carbons (Fsp3) is 0.0714. The van der Waals surface area contributed by atoms with E-state index in [9.17, 15) is 0 Å². The van der Waals surface area contributed by atoms with Crippen molar-refractivity contribution in [3.8, 4) is 10.6 Å². The van der Waals surface area contributed by atoms with Crippen LogP contribution in [0.4, 0.5) is 5.69 Å². The van der Waals surface area contributed by atoms with Crippen molar-refractivity contribution >= 4 is 38.8 Å². The molecule has 1 heterocycles. The highest BCUT2D eigenvalue weighted by molar-refractivity contribution is 7.21. The van der Waals surface area contributed by atoms with Crippen LogP contribution >= 0.6 is 22.9 Å². The highest BCUT2D eigenvalue weighted by Gasteiger charge is 2.09. The van der Waals surface area contributed by atoms with Crippen molar-refractivity contribution in [1.29, 1.82) is 0 Å². The molecule has 2 nitrogen and oxygen atoms in total. The third-order valence-electron chi connectivity index (χ3n) is 2.79. The van der Waals surface area contributed by atoms with Gasteiger partial charge in [-0.3, -0.25) is 0 Å². The molecule has 0 atom stereocenters. The predicted octanol–water partition coefficient (Wildman–Crippen LogP) is 4.51. The molecule has 0 aliphatic carbocycles. The molecule has 0 fully saturated rings. The molecular formula is C14H11ClN2S. The van der Waals surface area contributed by atoms with Gasteiger partial charge in [-0.25, -0.2) is 4.98 Å². The monoisotopic (exact) mass is 274 g/mol. The largest absolute Gasteiger partial charge is 0.398 e. The number of nitrogens with two attached hydrogens (primary N) is 1. The highest BCUT2D eigenvalue weighted by Crippen LogP contribution is 2.34. The smallest absolute Gasteiger partial charge is 0.126 e. The fourth-order valence-electron chi connectivity index (χ4n) is 1.87. The summed E-state index contributed by atoms with van der Waals surface area (Å²) in [5.74, 6) is 0. The quantitative estimate of drug-likeness (QED) is 0.663. The van der Waals surface area contributed by atoms with Crippen LogP contribution in [0.15, 0.2) is 36.4 Å². The molecule has 3 rings (SSSR count). The third kappa shape index (κ3) is 1.96. The molecule has 1 aromatic heterocycles. The van der Waals surface area contributed by atoms with Gasteiger partial charge in [-0.05, 0) is 37.3 Å². The van der Waals surface area contributed by atoms with Crippen LogP contribution in [0, 0.1) is 6.92 Å². The Morgan fingerprint density at radius 1 is 1.17 bits per heavy atom. The molecule has 3 aromatic rings. The van der Waals surface area contributed by atoms with Crippen LogP contribution in [0.2, 0.25) is 5.02 Å². The Morgan fingerprint density at radius 2 is 2.00 bits per heavy atom. The van der Waals surface area contributed by atoms with Crippen molar-refractivity contribution in [2.45, 2.75) is 6.92 Å². The maximum Gasteiger partial charge on any atom is 0.126 e. The fourth-order valence-corrected chi connectivity index (χ4v) is 3.02. The molecular weight excluding hydrogens is 264 g/mol. The van der Waals surface area contributed by atoms with Gasteiger partial charge < -0.3 is 5.73 Å². The van der Waals surface area contributed by atoms with Gasteiger partial charge in [0.1, 0.15) is 5.01 Å². The van der Waals surface area contributed by atoms with Gasteiger partial charge in [-0.2, -0.15) is 0 Å². The Balaban J connectivity index is 2.22. The first kappa shape index (κ1) is 11.5. The van der Waals surface area contributed by atoms with E-state index in [1.165, 1.54) is 5.56 Å². The van der Waals surface area contributed by atoms with Crippen LogP contribution in [-0.2, 0) is 0 Å². The standard InChI is InChI=1S/C14H11ClN2S/c1-8-2-4-11(16)10(6-8)14-17-12-7-9(15)3-5-13(12)18-14/h2-7H,16H2,1H3. The first-order chi connectivity index (χ1) is 8.63. The summed E-state index contributed by atoms with van der Waals surface area (Å²) in [7, 11) is 0. The Bertz CT molecular complexity index is 734.